The van der Waals surface area contributed by atoms with Crippen LogP contribution in [0.2, 0.25) is 0 Å². The molecule has 16 heavy (non-hydrogen) atoms. The Morgan fingerprint density at radius 3 is 2.38 bits per heavy atom. The molecule has 1 aromatic carbocycles. The van der Waals surface area contributed by atoms with Gasteiger partial charge in [0.05, 0.1) is 4.92 Å². The second kappa shape index (κ2) is 4.30. The molecule has 0 aromatic heterocycles. The van der Waals surface area contributed by atoms with Gasteiger partial charge in [-0.2, -0.15) is 0 Å². The Bertz CT molecular complexity index is 410. The molecule has 1 aliphatic carbocycles. The molecule has 0 aliphatic heterocycles. The van der Waals surface area contributed by atoms with Crippen LogP contribution >= 0.6 is 0 Å². The van der Waals surface area contributed by atoms with Crippen molar-refractivity contribution in [1.29, 1.82) is 0 Å². The largest absolute Gasteiger partial charge is 0.326 e. The molecule has 0 heterocycles. The van der Waals surface area contributed by atoms with Crippen LogP contribution < -0.4 is 5.32 Å². The number of amides is 1. The van der Waals surface area contributed by atoms with E-state index < -0.39 is 4.92 Å². The minimum atomic E-state index is -0.461. The first-order chi connectivity index (χ1) is 7.66. The lowest BCUT2D eigenvalue weighted by Crippen LogP contribution is -2.27. The van der Waals surface area contributed by atoms with E-state index in [-0.39, 0.29) is 17.5 Å². The van der Waals surface area contributed by atoms with Crippen LogP contribution in [-0.4, -0.2) is 10.8 Å². The summed E-state index contributed by atoms with van der Waals surface area (Å²) in [7, 11) is 0. The fourth-order valence-corrected chi connectivity index (χ4v) is 1.58. The van der Waals surface area contributed by atoms with Crippen molar-refractivity contribution in [2.75, 3.05) is 5.32 Å². The molecule has 5 heteroatoms. The van der Waals surface area contributed by atoms with Gasteiger partial charge in [0.1, 0.15) is 0 Å². The highest BCUT2D eigenvalue weighted by molar-refractivity contribution is 5.93. The lowest BCUT2D eigenvalue weighted by Gasteiger charge is -2.23. The summed E-state index contributed by atoms with van der Waals surface area (Å²) in [6.45, 7) is 0. The average Bonchev–Trinajstić information content (AvgIpc) is 2.15. The van der Waals surface area contributed by atoms with Crippen molar-refractivity contribution in [3.05, 3.63) is 34.4 Å². The van der Waals surface area contributed by atoms with Crippen molar-refractivity contribution in [3.63, 3.8) is 0 Å². The van der Waals surface area contributed by atoms with Gasteiger partial charge in [-0.05, 0) is 25.0 Å². The molecule has 0 radical (unpaired) electrons. The van der Waals surface area contributed by atoms with Crippen LogP contribution in [0, 0.1) is 16.0 Å². The first-order valence-corrected chi connectivity index (χ1v) is 5.22. The maximum Gasteiger partial charge on any atom is 0.269 e. The van der Waals surface area contributed by atoms with Gasteiger partial charge in [0, 0.05) is 23.7 Å². The number of nitrogens with zero attached hydrogens (tertiary/aromatic N) is 1. The third-order valence-corrected chi connectivity index (χ3v) is 2.82. The van der Waals surface area contributed by atoms with Gasteiger partial charge in [-0.15, -0.1) is 0 Å². The number of hydrogen-bond acceptors (Lipinski definition) is 3. The van der Waals surface area contributed by atoms with E-state index in [4.69, 9.17) is 0 Å². The van der Waals surface area contributed by atoms with E-state index in [1.165, 1.54) is 12.1 Å². The van der Waals surface area contributed by atoms with E-state index in [9.17, 15) is 14.9 Å². The van der Waals surface area contributed by atoms with E-state index in [0.717, 1.165) is 19.3 Å². The third kappa shape index (κ3) is 2.18. The highest BCUT2D eigenvalue weighted by Gasteiger charge is 2.25. The van der Waals surface area contributed by atoms with E-state index in [1.807, 2.05) is 0 Å². The number of nitro benzene ring substituents is 1. The number of hydrogen-bond donors (Lipinski definition) is 1. The highest BCUT2D eigenvalue weighted by Crippen LogP contribution is 2.27. The number of non-ortho nitro benzene ring substituents is 1. The van der Waals surface area contributed by atoms with Gasteiger partial charge >= 0.3 is 0 Å². The second-order valence-electron chi connectivity index (χ2n) is 3.92. The highest BCUT2D eigenvalue weighted by atomic mass is 16.6. The van der Waals surface area contributed by atoms with Crippen molar-refractivity contribution in [3.8, 4) is 0 Å². The molecule has 0 unspecified atom stereocenters. The number of benzene rings is 1. The van der Waals surface area contributed by atoms with Crippen LogP contribution in [0.5, 0.6) is 0 Å². The second-order valence-corrected chi connectivity index (χ2v) is 3.92. The molecule has 1 fully saturated rings. The molecular weight excluding hydrogens is 208 g/mol. The topological polar surface area (TPSA) is 72.2 Å². The number of carbonyl (C=O) groups excluding carboxylic acids is 1. The van der Waals surface area contributed by atoms with E-state index in [1.54, 1.807) is 12.1 Å². The van der Waals surface area contributed by atoms with Crippen molar-refractivity contribution >= 4 is 17.3 Å². The van der Waals surface area contributed by atoms with E-state index >= 15 is 0 Å². The zero-order valence-corrected chi connectivity index (χ0v) is 8.68. The predicted octanol–water partition coefficient (Wildman–Crippen LogP) is 2.33. The maximum absolute atomic E-state index is 11.6. The molecule has 1 amide bonds. The summed E-state index contributed by atoms with van der Waals surface area (Å²) in [5, 5.41) is 13.2. The van der Waals surface area contributed by atoms with Gasteiger partial charge in [-0.1, -0.05) is 6.42 Å². The van der Waals surface area contributed by atoms with Gasteiger partial charge in [0.25, 0.3) is 5.69 Å². The zero-order chi connectivity index (χ0) is 11.5. The first kappa shape index (κ1) is 10.6. The smallest absolute Gasteiger partial charge is 0.269 e. The van der Waals surface area contributed by atoms with Crippen LogP contribution in [0.15, 0.2) is 24.3 Å². The molecule has 0 atom stereocenters. The number of nitrogens with one attached hydrogen (secondary N) is 1. The number of rotatable bonds is 3. The Kier molecular flexibility index (Phi) is 2.85. The fraction of sp³-hybridized carbons (Fsp3) is 0.364. The van der Waals surface area contributed by atoms with E-state index in [2.05, 4.69) is 5.32 Å². The summed E-state index contributed by atoms with van der Waals surface area (Å²) in [6, 6.07) is 5.87. The summed E-state index contributed by atoms with van der Waals surface area (Å²) >= 11 is 0. The Labute approximate surface area is 92.6 Å². The summed E-state index contributed by atoms with van der Waals surface area (Å²) in [4.78, 5) is 21.5. The maximum atomic E-state index is 11.6. The minimum absolute atomic E-state index is 0.0140. The first-order valence-electron chi connectivity index (χ1n) is 5.22. The zero-order valence-electron chi connectivity index (χ0n) is 8.68. The fourth-order valence-electron chi connectivity index (χ4n) is 1.58. The summed E-state index contributed by atoms with van der Waals surface area (Å²) in [5.41, 5.74) is 0.643. The summed E-state index contributed by atoms with van der Waals surface area (Å²) < 4.78 is 0. The van der Waals surface area contributed by atoms with Crippen LogP contribution in [0.3, 0.4) is 0 Å². The van der Waals surface area contributed by atoms with Gasteiger partial charge in [0.15, 0.2) is 0 Å². The van der Waals surface area contributed by atoms with Gasteiger partial charge in [-0.25, -0.2) is 0 Å². The minimum Gasteiger partial charge on any atom is -0.326 e. The van der Waals surface area contributed by atoms with Crippen LogP contribution in [0.1, 0.15) is 19.3 Å². The molecule has 1 aromatic rings. The molecule has 1 saturated carbocycles. The normalized spacial score (nSPS) is 15.2. The van der Waals surface area contributed by atoms with Crippen LogP contribution in [0.25, 0.3) is 0 Å². The summed E-state index contributed by atoms with van der Waals surface area (Å²) in [5.74, 6) is 0.135. The molecule has 2 rings (SSSR count). The van der Waals surface area contributed by atoms with Gasteiger partial charge in [-0.3, -0.25) is 14.9 Å². The number of nitro groups is 1. The lowest BCUT2D eigenvalue weighted by molar-refractivity contribution is -0.384. The van der Waals surface area contributed by atoms with Gasteiger partial charge < -0.3 is 5.32 Å². The SMILES string of the molecule is O=C(Nc1ccc([N+](=O)[O-])cc1)C1CCC1. The van der Waals surface area contributed by atoms with Crippen molar-refractivity contribution in [2.24, 2.45) is 5.92 Å². The Morgan fingerprint density at radius 2 is 1.94 bits per heavy atom. The average molecular weight is 220 g/mol. The monoisotopic (exact) mass is 220 g/mol. The van der Waals surface area contributed by atoms with Crippen molar-refractivity contribution < 1.29 is 9.72 Å². The Hall–Kier alpha value is -1.91. The van der Waals surface area contributed by atoms with Crippen LogP contribution in [-0.2, 0) is 4.79 Å². The molecule has 0 saturated heterocycles. The molecular formula is C11H12N2O3. The van der Waals surface area contributed by atoms with Crippen LogP contribution in [0.4, 0.5) is 11.4 Å². The Balaban J connectivity index is 1.99. The molecule has 5 nitrogen and oxygen atoms in total. The predicted molar refractivity (Wildman–Crippen MR) is 59.1 cm³/mol. The standard InChI is InChI=1S/C11H12N2O3/c14-11(8-2-1-3-8)12-9-4-6-10(7-5-9)13(15)16/h4-8H,1-3H2,(H,12,14). The number of anilines is 1. The molecule has 84 valence electrons. The van der Waals surface area contributed by atoms with Crippen molar-refractivity contribution in [1.82, 2.24) is 0 Å². The molecule has 1 N–H and O–H groups in total. The Morgan fingerprint density at radius 1 is 1.31 bits per heavy atom. The quantitative estimate of drug-likeness (QED) is 0.627. The number of carbonyl (C=O) groups is 1. The van der Waals surface area contributed by atoms with Gasteiger partial charge in [0.2, 0.25) is 5.91 Å². The van der Waals surface area contributed by atoms with Crippen molar-refractivity contribution in [2.45, 2.75) is 19.3 Å². The van der Waals surface area contributed by atoms with E-state index in [0.29, 0.717) is 5.69 Å². The molecule has 0 spiro atoms. The third-order valence-electron chi connectivity index (χ3n) is 2.82. The summed E-state index contributed by atoms with van der Waals surface area (Å²) in [6.07, 6.45) is 3.00. The molecule has 0 bridgehead atoms. The lowest BCUT2D eigenvalue weighted by atomic mass is 9.85. The molecule has 1 aliphatic rings.